The zero-order chi connectivity index (χ0) is 22.3. The zero-order valence-corrected chi connectivity index (χ0v) is 16.6. The monoisotopic (exact) mass is 413 g/mol. The third kappa shape index (κ3) is 5.86. The number of aliphatic imine (C=N–C) groups is 1. The van der Waals surface area contributed by atoms with E-state index in [0.29, 0.717) is 17.1 Å². The number of guanidine groups is 1. The maximum Gasteiger partial charge on any atom is 0.272 e. The van der Waals surface area contributed by atoms with E-state index in [4.69, 9.17) is 16.7 Å². The van der Waals surface area contributed by atoms with Crippen molar-refractivity contribution in [2.75, 3.05) is 23.7 Å². The van der Waals surface area contributed by atoms with Crippen molar-refractivity contribution in [3.8, 4) is 6.07 Å². The van der Waals surface area contributed by atoms with E-state index in [1.807, 2.05) is 6.07 Å². The molecule has 0 atom stereocenters. The molecular weight excluding hydrogens is 390 g/mol. The van der Waals surface area contributed by atoms with Crippen molar-refractivity contribution in [2.45, 2.75) is 6.42 Å². The lowest BCUT2D eigenvalue weighted by atomic mass is 10.3. The van der Waals surface area contributed by atoms with Crippen molar-refractivity contribution < 1.29 is 14.4 Å². The second-order valence-corrected chi connectivity index (χ2v) is 6.36. The van der Waals surface area contributed by atoms with E-state index in [9.17, 15) is 14.4 Å². The number of nitrogens with zero attached hydrogens (tertiary/aromatic N) is 4. The van der Waals surface area contributed by atoms with E-state index in [1.54, 1.807) is 35.6 Å². The third-order valence-electron chi connectivity index (χ3n) is 3.94. The maximum atomic E-state index is 12.6. The van der Waals surface area contributed by atoms with Crippen LogP contribution in [-0.2, 0) is 18.9 Å². The molecule has 2 aromatic rings. The molecule has 0 saturated carbocycles. The van der Waals surface area contributed by atoms with Gasteiger partial charge in [0.1, 0.15) is 17.9 Å². The number of rotatable bonds is 8. The summed E-state index contributed by atoms with van der Waals surface area (Å²) in [6.07, 6.45) is 3.37. The topological polar surface area (TPSA) is 185 Å². The van der Waals surface area contributed by atoms with Crippen LogP contribution in [0.15, 0.2) is 29.5 Å². The molecule has 0 fully saturated rings. The van der Waals surface area contributed by atoms with E-state index >= 15 is 0 Å². The average Bonchev–Trinajstić information content (AvgIpc) is 3.22. The molecule has 12 heteroatoms. The van der Waals surface area contributed by atoms with Crippen LogP contribution in [-0.4, -0.2) is 45.9 Å². The van der Waals surface area contributed by atoms with Crippen LogP contribution in [0.1, 0.15) is 27.4 Å². The number of nitrogens with two attached hydrogens (primary N) is 2. The number of amides is 3. The first-order valence-corrected chi connectivity index (χ1v) is 8.85. The highest BCUT2D eigenvalue weighted by Crippen LogP contribution is 2.17. The SMILES string of the molecule is Cn1cc(NC(=O)c2cc(NC(=O)CN=C(N)N)cn2C)cc1C(=O)NCCC#N. The van der Waals surface area contributed by atoms with Crippen molar-refractivity contribution in [3.63, 3.8) is 0 Å². The van der Waals surface area contributed by atoms with Crippen molar-refractivity contribution >= 4 is 35.1 Å². The number of aryl methyl sites for hydroxylation is 2. The second kappa shape index (κ2) is 9.78. The van der Waals surface area contributed by atoms with E-state index in [0.717, 1.165) is 0 Å². The first-order valence-electron chi connectivity index (χ1n) is 8.85. The van der Waals surface area contributed by atoms with Crippen LogP contribution >= 0.6 is 0 Å². The molecule has 0 spiro atoms. The highest BCUT2D eigenvalue weighted by Gasteiger charge is 2.16. The molecule has 0 saturated heterocycles. The van der Waals surface area contributed by atoms with Crippen molar-refractivity contribution in [3.05, 3.63) is 35.9 Å². The summed E-state index contributed by atoms with van der Waals surface area (Å²) < 4.78 is 3.11. The number of anilines is 2. The molecule has 0 bridgehead atoms. The Bertz CT molecular complexity index is 1020. The summed E-state index contributed by atoms with van der Waals surface area (Å²) >= 11 is 0. The molecule has 0 aliphatic heterocycles. The van der Waals surface area contributed by atoms with Gasteiger partial charge in [-0.2, -0.15) is 5.26 Å². The average molecular weight is 413 g/mol. The Balaban J connectivity index is 2.05. The molecule has 7 N–H and O–H groups in total. The molecule has 0 radical (unpaired) electrons. The molecular formula is C18H23N9O3. The molecule has 0 aromatic carbocycles. The lowest BCUT2D eigenvalue weighted by molar-refractivity contribution is -0.114. The zero-order valence-electron chi connectivity index (χ0n) is 16.6. The Morgan fingerprint density at radius 3 is 2.17 bits per heavy atom. The van der Waals surface area contributed by atoms with Crippen LogP contribution in [0.3, 0.4) is 0 Å². The number of carbonyl (C=O) groups is 3. The van der Waals surface area contributed by atoms with Crippen LogP contribution < -0.4 is 27.4 Å². The standard InChI is InChI=1S/C18H23N9O3/c1-26-10-12(7-13(26)16(29)22-5-3-4-19)25-17(30)14-6-11(9-27(14)2)24-15(28)8-23-18(20)21/h6-7,9-10H,3,5,8H2,1-2H3,(H,22,29)(H,24,28)(H,25,30)(H4,20,21,23). The van der Waals surface area contributed by atoms with Gasteiger partial charge in [0.05, 0.1) is 23.9 Å². The third-order valence-corrected chi connectivity index (χ3v) is 3.94. The summed E-state index contributed by atoms with van der Waals surface area (Å²) in [5.41, 5.74) is 11.8. The molecule has 2 aromatic heterocycles. The summed E-state index contributed by atoms with van der Waals surface area (Å²) in [7, 11) is 3.32. The number of nitrogens with one attached hydrogen (secondary N) is 3. The quantitative estimate of drug-likeness (QED) is 0.220. The van der Waals surface area contributed by atoms with Crippen LogP contribution in [0, 0.1) is 11.3 Å². The minimum atomic E-state index is -0.434. The minimum absolute atomic E-state index is 0.195. The number of nitriles is 1. The maximum absolute atomic E-state index is 12.6. The predicted molar refractivity (Wildman–Crippen MR) is 111 cm³/mol. The summed E-state index contributed by atoms with van der Waals surface area (Å²) in [5.74, 6) is -1.41. The van der Waals surface area contributed by atoms with Gasteiger partial charge in [-0.15, -0.1) is 0 Å². The van der Waals surface area contributed by atoms with E-state index in [2.05, 4.69) is 20.9 Å². The summed E-state index contributed by atoms with van der Waals surface area (Å²) in [4.78, 5) is 40.2. The molecule has 12 nitrogen and oxygen atoms in total. The molecule has 0 aliphatic rings. The molecule has 0 aliphatic carbocycles. The van der Waals surface area contributed by atoms with Crippen LogP contribution in [0.2, 0.25) is 0 Å². The minimum Gasteiger partial charge on any atom is -0.370 e. The summed E-state index contributed by atoms with van der Waals surface area (Å²) in [6, 6.07) is 4.97. The van der Waals surface area contributed by atoms with Crippen molar-refractivity contribution in [1.82, 2.24) is 14.5 Å². The fraction of sp³-hybridized carbons (Fsp3) is 0.278. The van der Waals surface area contributed by atoms with Gasteiger partial charge in [0.15, 0.2) is 5.96 Å². The van der Waals surface area contributed by atoms with Gasteiger partial charge in [-0.3, -0.25) is 14.4 Å². The molecule has 2 rings (SSSR count). The fourth-order valence-electron chi connectivity index (χ4n) is 2.60. The molecule has 30 heavy (non-hydrogen) atoms. The number of aromatic nitrogens is 2. The smallest absolute Gasteiger partial charge is 0.272 e. The Morgan fingerprint density at radius 2 is 1.60 bits per heavy atom. The van der Waals surface area contributed by atoms with Crippen LogP contribution in [0.25, 0.3) is 0 Å². The van der Waals surface area contributed by atoms with Crippen molar-refractivity contribution in [2.24, 2.45) is 30.6 Å². The first-order chi connectivity index (χ1) is 14.2. The predicted octanol–water partition coefficient (Wildman–Crippen LogP) is -0.529. The second-order valence-electron chi connectivity index (χ2n) is 6.36. The summed E-state index contributed by atoms with van der Waals surface area (Å²) in [6.45, 7) is 0.00518. The highest BCUT2D eigenvalue weighted by molar-refractivity contribution is 6.05. The van der Waals surface area contributed by atoms with Gasteiger partial charge in [0.25, 0.3) is 11.8 Å². The van der Waals surface area contributed by atoms with E-state index < -0.39 is 11.8 Å². The normalized spacial score (nSPS) is 10.0. The highest BCUT2D eigenvalue weighted by atomic mass is 16.2. The lowest BCUT2D eigenvalue weighted by Gasteiger charge is -2.03. The largest absolute Gasteiger partial charge is 0.370 e. The van der Waals surface area contributed by atoms with Gasteiger partial charge in [-0.1, -0.05) is 0 Å². The Kier molecular flexibility index (Phi) is 7.18. The van der Waals surface area contributed by atoms with Gasteiger partial charge in [-0.05, 0) is 12.1 Å². The summed E-state index contributed by atoms with van der Waals surface area (Å²) in [5, 5.41) is 16.5. The number of hydrogen-bond acceptors (Lipinski definition) is 5. The molecule has 3 amide bonds. The number of carbonyl (C=O) groups excluding carboxylic acids is 3. The molecule has 158 valence electrons. The van der Waals surface area contributed by atoms with Gasteiger partial charge in [0.2, 0.25) is 5.91 Å². The Labute approximate surface area is 172 Å². The fourth-order valence-corrected chi connectivity index (χ4v) is 2.60. The first kappa shape index (κ1) is 22.0. The van der Waals surface area contributed by atoms with Gasteiger partial charge < -0.3 is 36.6 Å². The van der Waals surface area contributed by atoms with Crippen LogP contribution in [0.5, 0.6) is 0 Å². The van der Waals surface area contributed by atoms with Gasteiger partial charge in [0, 0.05) is 33.0 Å². The van der Waals surface area contributed by atoms with E-state index in [1.165, 1.54) is 12.1 Å². The Morgan fingerprint density at radius 1 is 1.03 bits per heavy atom. The van der Waals surface area contributed by atoms with Gasteiger partial charge >= 0.3 is 0 Å². The van der Waals surface area contributed by atoms with Gasteiger partial charge in [-0.25, -0.2) is 4.99 Å². The van der Waals surface area contributed by atoms with Crippen molar-refractivity contribution in [1.29, 1.82) is 5.26 Å². The van der Waals surface area contributed by atoms with E-state index in [-0.39, 0.29) is 37.1 Å². The number of hydrogen-bond donors (Lipinski definition) is 5. The van der Waals surface area contributed by atoms with Crippen LogP contribution in [0.4, 0.5) is 11.4 Å². The Hall–Kier alpha value is -4.27. The lowest BCUT2D eigenvalue weighted by Crippen LogP contribution is -2.25. The molecule has 2 heterocycles. The molecule has 0 unspecified atom stereocenters.